The molecule has 1 atom stereocenters. The van der Waals surface area contributed by atoms with Crippen molar-refractivity contribution in [3.63, 3.8) is 0 Å². The number of nitrogens with one attached hydrogen (secondary N) is 2. The van der Waals surface area contributed by atoms with E-state index in [4.69, 9.17) is 9.47 Å². The number of amides is 2. The normalized spacial score (nSPS) is 12.0. The molecule has 0 spiro atoms. The van der Waals surface area contributed by atoms with Gasteiger partial charge in [-0.3, -0.25) is 9.59 Å². The molecule has 2 aromatic carbocycles. The zero-order valence-corrected chi connectivity index (χ0v) is 22.2. The predicted octanol–water partition coefficient (Wildman–Crippen LogP) is 2.83. The summed E-state index contributed by atoms with van der Waals surface area (Å²) in [4.78, 5) is 25.4. The maximum atomic E-state index is 12.8. The highest BCUT2D eigenvalue weighted by Gasteiger charge is 2.18. The highest BCUT2D eigenvalue weighted by atomic mass is 16.5. The number of benzene rings is 2. The maximum absolute atomic E-state index is 12.8. The lowest BCUT2D eigenvalue weighted by Crippen LogP contribution is -2.38. The van der Waals surface area contributed by atoms with Gasteiger partial charge in [-0.25, -0.2) is 0 Å². The standard InChI is InChI=1S/C28H30N4O8/c1-4-5-20(32-28(38)19(15-30)9-17-11-22(34)26(36)24(13-17)40-3)6-7-31-27(37)18(14-29)8-16-10-21(33)25(35)23(12-16)39-2/h8-13,20,33-36H,4-7H2,1-3H3,(H,31,37)(H,32,38). The molecule has 6 N–H and O–H groups in total. The second kappa shape index (κ2) is 14.5. The predicted molar refractivity (Wildman–Crippen MR) is 144 cm³/mol. The zero-order valence-electron chi connectivity index (χ0n) is 22.2. The Bertz CT molecular complexity index is 1400. The third-order valence-electron chi connectivity index (χ3n) is 5.70. The molecule has 0 aromatic heterocycles. The molecule has 0 fully saturated rings. The summed E-state index contributed by atoms with van der Waals surface area (Å²) in [6, 6.07) is 8.24. The number of hydrogen-bond acceptors (Lipinski definition) is 10. The molecule has 0 saturated carbocycles. The number of phenolic OH excluding ortho intramolecular Hbond substituents is 4. The first-order valence-corrected chi connectivity index (χ1v) is 12.1. The Hall–Kier alpha value is -5.36. The molecule has 1 unspecified atom stereocenters. The van der Waals surface area contributed by atoms with E-state index in [0.29, 0.717) is 19.3 Å². The summed E-state index contributed by atoms with van der Waals surface area (Å²) in [5.41, 5.74) is 0.00367. The second-order valence-electron chi connectivity index (χ2n) is 8.53. The largest absolute Gasteiger partial charge is 0.504 e. The van der Waals surface area contributed by atoms with Crippen molar-refractivity contribution in [2.45, 2.75) is 32.2 Å². The van der Waals surface area contributed by atoms with Gasteiger partial charge in [0.1, 0.15) is 23.3 Å². The molecular formula is C28H30N4O8. The average Bonchev–Trinajstić information content (AvgIpc) is 2.93. The number of methoxy groups -OCH3 is 2. The van der Waals surface area contributed by atoms with Crippen molar-refractivity contribution in [1.82, 2.24) is 10.6 Å². The minimum atomic E-state index is -0.686. The van der Waals surface area contributed by atoms with Crippen molar-refractivity contribution in [1.29, 1.82) is 10.5 Å². The molecule has 0 aliphatic rings. The van der Waals surface area contributed by atoms with Gasteiger partial charge in [0.15, 0.2) is 23.0 Å². The minimum Gasteiger partial charge on any atom is -0.504 e. The van der Waals surface area contributed by atoms with E-state index < -0.39 is 40.9 Å². The number of aromatic hydroxyl groups is 4. The van der Waals surface area contributed by atoms with Crippen LogP contribution in [0.5, 0.6) is 34.5 Å². The number of carbonyl (C=O) groups excluding carboxylic acids is 2. The SMILES string of the molecule is CCCC(CCNC(=O)C(C#N)=Cc1cc(O)c(O)c(OC)c1)NC(=O)C(C#N)=Cc1cc(O)c(O)c(OC)c1. The van der Waals surface area contributed by atoms with Gasteiger partial charge in [0, 0.05) is 12.6 Å². The number of phenols is 4. The van der Waals surface area contributed by atoms with Crippen LogP contribution in [0, 0.1) is 22.7 Å². The number of carbonyl (C=O) groups is 2. The van der Waals surface area contributed by atoms with Crippen LogP contribution in [-0.2, 0) is 9.59 Å². The van der Waals surface area contributed by atoms with Crippen molar-refractivity contribution in [3.05, 3.63) is 46.5 Å². The third kappa shape index (κ3) is 8.07. The van der Waals surface area contributed by atoms with Crippen LogP contribution in [0.15, 0.2) is 35.4 Å². The van der Waals surface area contributed by atoms with Crippen LogP contribution >= 0.6 is 0 Å². The monoisotopic (exact) mass is 550 g/mol. The van der Waals surface area contributed by atoms with E-state index in [-0.39, 0.29) is 40.3 Å². The van der Waals surface area contributed by atoms with E-state index in [1.54, 1.807) is 6.07 Å². The van der Waals surface area contributed by atoms with Gasteiger partial charge in [0.05, 0.1) is 14.2 Å². The van der Waals surface area contributed by atoms with Crippen LogP contribution in [0.1, 0.15) is 37.3 Å². The molecule has 0 aliphatic carbocycles. The Morgan fingerprint density at radius 3 is 1.75 bits per heavy atom. The second-order valence-corrected chi connectivity index (χ2v) is 8.53. The number of rotatable bonds is 12. The average molecular weight is 551 g/mol. The molecule has 0 heterocycles. The fourth-order valence-electron chi connectivity index (χ4n) is 3.69. The van der Waals surface area contributed by atoms with Crippen molar-refractivity contribution in [2.75, 3.05) is 20.8 Å². The summed E-state index contributed by atoms with van der Waals surface area (Å²) in [6.07, 6.45) is 4.00. The lowest BCUT2D eigenvalue weighted by atomic mass is 10.1. The Morgan fingerprint density at radius 1 is 0.850 bits per heavy atom. The molecule has 40 heavy (non-hydrogen) atoms. The van der Waals surface area contributed by atoms with Crippen LogP contribution in [0.4, 0.5) is 0 Å². The summed E-state index contributed by atoms with van der Waals surface area (Å²) in [7, 11) is 2.58. The van der Waals surface area contributed by atoms with Gasteiger partial charge in [-0.2, -0.15) is 10.5 Å². The quantitative estimate of drug-likeness (QED) is 0.129. The van der Waals surface area contributed by atoms with E-state index in [2.05, 4.69) is 10.6 Å². The lowest BCUT2D eigenvalue weighted by molar-refractivity contribution is -0.117. The van der Waals surface area contributed by atoms with Crippen molar-refractivity contribution >= 4 is 24.0 Å². The Morgan fingerprint density at radius 2 is 1.32 bits per heavy atom. The van der Waals surface area contributed by atoms with Gasteiger partial charge >= 0.3 is 0 Å². The van der Waals surface area contributed by atoms with E-state index in [1.165, 1.54) is 50.6 Å². The fourth-order valence-corrected chi connectivity index (χ4v) is 3.69. The van der Waals surface area contributed by atoms with E-state index in [0.717, 1.165) is 0 Å². The molecule has 0 aliphatic heterocycles. The van der Waals surface area contributed by atoms with Crippen molar-refractivity contribution in [3.8, 4) is 46.6 Å². The van der Waals surface area contributed by atoms with Crippen LogP contribution in [0.2, 0.25) is 0 Å². The smallest absolute Gasteiger partial charge is 0.262 e. The first-order valence-electron chi connectivity index (χ1n) is 12.1. The number of hydrogen-bond donors (Lipinski definition) is 6. The Balaban J connectivity index is 2.09. The summed E-state index contributed by atoms with van der Waals surface area (Å²) < 4.78 is 9.93. The maximum Gasteiger partial charge on any atom is 0.262 e. The van der Waals surface area contributed by atoms with Crippen LogP contribution in [-0.4, -0.2) is 59.0 Å². The van der Waals surface area contributed by atoms with E-state index in [9.17, 15) is 40.5 Å². The van der Waals surface area contributed by atoms with Gasteiger partial charge in [0.25, 0.3) is 11.8 Å². The first-order chi connectivity index (χ1) is 19.1. The summed E-state index contributed by atoms with van der Waals surface area (Å²) in [5, 5.41) is 63.5. The highest BCUT2D eigenvalue weighted by molar-refractivity contribution is 6.02. The van der Waals surface area contributed by atoms with Gasteiger partial charge < -0.3 is 40.5 Å². The molecule has 210 valence electrons. The summed E-state index contributed by atoms with van der Waals surface area (Å²) in [5.74, 6) is -3.31. The molecule has 2 aromatic rings. The van der Waals surface area contributed by atoms with E-state index in [1.807, 2.05) is 13.0 Å². The summed E-state index contributed by atoms with van der Waals surface area (Å²) in [6.45, 7) is 2.00. The van der Waals surface area contributed by atoms with Gasteiger partial charge in [0.2, 0.25) is 11.5 Å². The molecule has 12 heteroatoms. The Kier molecular flexibility index (Phi) is 11.2. The fraction of sp³-hybridized carbons (Fsp3) is 0.286. The lowest BCUT2D eigenvalue weighted by Gasteiger charge is -2.18. The van der Waals surface area contributed by atoms with Crippen molar-refractivity contribution < 1.29 is 39.5 Å². The van der Waals surface area contributed by atoms with E-state index >= 15 is 0 Å². The number of ether oxygens (including phenoxy) is 2. The van der Waals surface area contributed by atoms with Gasteiger partial charge in [-0.1, -0.05) is 13.3 Å². The van der Waals surface area contributed by atoms with Crippen molar-refractivity contribution in [2.24, 2.45) is 0 Å². The van der Waals surface area contributed by atoms with Crippen LogP contribution < -0.4 is 20.1 Å². The zero-order chi connectivity index (χ0) is 29.8. The summed E-state index contributed by atoms with van der Waals surface area (Å²) >= 11 is 0. The minimum absolute atomic E-state index is 0.0318. The van der Waals surface area contributed by atoms with Gasteiger partial charge in [-0.15, -0.1) is 0 Å². The number of nitriles is 2. The first kappa shape index (κ1) is 30.9. The third-order valence-corrected chi connectivity index (χ3v) is 5.70. The Labute approximate surface area is 231 Å². The molecule has 0 radical (unpaired) electrons. The topological polar surface area (TPSA) is 205 Å². The van der Waals surface area contributed by atoms with Gasteiger partial charge in [-0.05, 0) is 60.4 Å². The number of nitrogens with zero attached hydrogens (tertiary/aromatic N) is 2. The molecule has 2 amide bonds. The van der Waals surface area contributed by atoms with Crippen LogP contribution in [0.25, 0.3) is 12.2 Å². The molecule has 0 bridgehead atoms. The van der Waals surface area contributed by atoms with Crippen LogP contribution in [0.3, 0.4) is 0 Å². The molecule has 2 rings (SSSR count). The molecule has 0 saturated heterocycles. The molecule has 12 nitrogen and oxygen atoms in total. The molecular weight excluding hydrogens is 520 g/mol. The highest BCUT2D eigenvalue weighted by Crippen LogP contribution is 2.37.